The van der Waals surface area contributed by atoms with Crippen LogP contribution in [-0.2, 0) is 14.8 Å². The number of halogens is 1. The predicted octanol–water partition coefficient (Wildman–Crippen LogP) is 3.91. The van der Waals surface area contributed by atoms with Crippen molar-refractivity contribution in [3.63, 3.8) is 0 Å². The minimum atomic E-state index is -3.67. The van der Waals surface area contributed by atoms with Crippen molar-refractivity contribution in [1.29, 1.82) is 0 Å². The van der Waals surface area contributed by atoms with E-state index in [1.165, 1.54) is 35.6 Å². The normalized spacial score (nSPS) is 12.1. The molecule has 0 aliphatic heterocycles. The van der Waals surface area contributed by atoms with Gasteiger partial charge < -0.3 is 10.1 Å². The first kappa shape index (κ1) is 22.3. The SMILES string of the molecule is C[C@H](NC(=O)COc1ccc(N(C)S(=O)(=O)c2ccccc2)cc1)c1ccc(F)cc1. The molecule has 0 unspecified atom stereocenters. The molecule has 0 aromatic heterocycles. The second-order valence-corrected chi connectivity index (χ2v) is 8.88. The Bertz CT molecular complexity index is 1120. The molecule has 8 heteroatoms. The van der Waals surface area contributed by atoms with Crippen molar-refractivity contribution in [2.75, 3.05) is 18.0 Å². The van der Waals surface area contributed by atoms with Gasteiger partial charge in [0.1, 0.15) is 11.6 Å². The van der Waals surface area contributed by atoms with Crippen molar-refractivity contribution in [3.8, 4) is 5.75 Å². The standard InChI is InChI=1S/C23H23FN2O4S/c1-17(18-8-10-19(24)11-9-18)25-23(27)16-30-21-14-12-20(13-15-21)26(2)31(28,29)22-6-4-3-5-7-22/h3-15,17H,16H2,1-2H3,(H,25,27)/t17-/m0/s1. The van der Waals surface area contributed by atoms with Crippen LogP contribution in [0.3, 0.4) is 0 Å². The van der Waals surface area contributed by atoms with Crippen molar-refractivity contribution in [1.82, 2.24) is 5.32 Å². The molecule has 3 aromatic carbocycles. The maximum Gasteiger partial charge on any atom is 0.264 e. The number of hydrogen-bond donors (Lipinski definition) is 1. The van der Waals surface area contributed by atoms with Crippen LogP contribution in [-0.4, -0.2) is 28.0 Å². The zero-order valence-corrected chi connectivity index (χ0v) is 18.0. The van der Waals surface area contributed by atoms with E-state index in [1.54, 1.807) is 61.5 Å². The Morgan fingerprint density at radius 1 is 1.00 bits per heavy atom. The summed E-state index contributed by atoms with van der Waals surface area (Å²) in [6, 6.07) is 20.2. The number of amides is 1. The molecule has 1 amide bonds. The van der Waals surface area contributed by atoms with Gasteiger partial charge in [-0.05, 0) is 61.0 Å². The summed E-state index contributed by atoms with van der Waals surface area (Å²) in [5.41, 5.74) is 1.24. The number of anilines is 1. The lowest BCUT2D eigenvalue weighted by molar-refractivity contribution is -0.123. The van der Waals surface area contributed by atoms with Gasteiger partial charge in [-0.3, -0.25) is 9.10 Å². The highest BCUT2D eigenvalue weighted by atomic mass is 32.2. The molecule has 6 nitrogen and oxygen atoms in total. The smallest absolute Gasteiger partial charge is 0.264 e. The molecule has 0 saturated heterocycles. The number of sulfonamides is 1. The lowest BCUT2D eigenvalue weighted by Gasteiger charge is -2.20. The Balaban J connectivity index is 1.56. The van der Waals surface area contributed by atoms with Gasteiger partial charge in [0, 0.05) is 7.05 Å². The molecule has 0 saturated carbocycles. The van der Waals surface area contributed by atoms with E-state index in [9.17, 15) is 17.6 Å². The molecular formula is C23H23FN2O4S. The Hall–Kier alpha value is -3.39. The summed E-state index contributed by atoms with van der Waals surface area (Å²) in [7, 11) is -2.19. The number of nitrogens with one attached hydrogen (secondary N) is 1. The average molecular weight is 443 g/mol. The van der Waals surface area contributed by atoms with E-state index in [-0.39, 0.29) is 29.3 Å². The molecule has 0 heterocycles. The van der Waals surface area contributed by atoms with Crippen LogP contribution in [0.15, 0.2) is 83.8 Å². The number of ether oxygens (including phenoxy) is 1. The van der Waals surface area contributed by atoms with Crippen LogP contribution in [0, 0.1) is 5.82 Å². The van der Waals surface area contributed by atoms with Gasteiger partial charge in [0.05, 0.1) is 16.6 Å². The van der Waals surface area contributed by atoms with Crippen molar-refractivity contribution in [2.45, 2.75) is 17.9 Å². The molecule has 0 aliphatic carbocycles. The largest absolute Gasteiger partial charge is 0.484 e. The molecule has 0 fully saturated rings. The molecule has 1 N–H and O–H groups in total. The number of rotatable bonds is 8. The summed E-state index contributed by atoms with van der Waals surface area (Å²) >= 11 is 0. The van der Waals surface area contributed by atoms with Crippen LogP contribution in [0.4, 0.5) is 10.1 Å². The second-order valence-electron chi connectivity index (χ2n) is 6.91. The van der Waals surface area contributed by atoms with Gasteiger partial charge in [0.15, 0.2) is 6.61 Å². The van der Waals surface area contributed by atoms with E-state index in [0.717, 1.165) is 5.56 Å². The highest BCUT2D eigenvalue weighted by Gasteiger charge is 2.20. The maximum atomic E-state index is 13.0. The molecule has 0 aliphatic rings. The van der Waals surface area contributed by atoms with Crippen molar-refractivity contribution in [3.05, 3.63) is 90.2 Å². The van der Waals surface area contributed by atoms with Gasteiger partial charge in [-0.2, -0.15) is 0 Å². The third-order valence-corrected chi connectivity index (χ3v) is 6.52. The molecule has 31 heavy (non-hydrogen) atoms. The predicted molar refractivity (Wildman–Crippen MR) is 117 cm³/mol. The summed E-state index contributed by atoms with van der Waals surface area (Å²) in [4.78, 5) is 12.3. The minimum Gasteiger partial charge on any atom is -0.484 e. The first-order valence-corrected chi connectivity index (χ1v) is 11.0. The summed E-state index contributed by atoms with van der Waals surface area (Å²) in [5, 5.41) is 2.78. The number of hydrogen-bond acceptors (Lipinski definition) is 4. The Labute approximate surface area is 181 Å². The quantitative estimate of drug-likeness (QED) is 0.574. The van der Waals surface area contributed by atoms with Gasteiger partial charge in [-0.25, -0.2) is 12.8 Å². The van der Waals surface area contributed by atoms with Gasteiger partial charge in [0.25, 0.3) is 15.9 Å². The molecule has 3 rings (SSSR count). The van der Waals surface area contributed by atoms with E-state index in [2.05, 4.69) is 5.32 Å². The zero-order chi connectivity index (χ0) is 22.4. The molecule has 0 radical (unpaired) electrons. The number of benzene rings is 3. The fourth-order valence-electron chi connectivity index (χ4n) is 2.91. The van der Waals surface area contributed by atoms with Gasteiger partial charge in [0.2, 0.25) is 0 Å². The van der Waals surface area contributed by atoms with Crippen LogP contribution in [0.25, 0.3) is 0 Å². The van der Waals surface area contributed by atoms with Crippen molar-refractivity contribution in [2.24, 2.45) is 0 Å². The molecule has 0 bridgehead atoms. The molecule has 162 valence electrons. The van der Waals surface area contributed by atoms with Crippen LogP contribution >= 0.6 is 0 Å². The highest BCUT2D eigenvalue weighted by Crippen LogP contribution is 2.24. The summed E-state index contributed by atoms with van der Waals surface area (Å²) in [6.45, 7) is 1.59. The summed E-state index contributed by atoms with van der Waals surface area (Å²) < 4.78 is 45.1. The Kier molecular flexibility index (Phi) is 6.91. The average Bonchev–Trinajstić information content (AvgIpc) is 2.78. The van der Waals surface area contributed by atoms with Crippen LogP contribution in [0.5, 0.6) is 5.75 Å². The third-order valence-electron chi connectivity index (χ3n) is 4.72. The van der Waals surface area contributed by atoms with E-state index in [4.69, 9.17) is 4.74 Å². The minimum absolute atomic E-state index is 0.199. The molecule has 0 spiro atoms. The van der Waals surface area contributed by atoms with Crippen LogP contribution < -0.4 is 14.4 Å². The first-order chi connectivity index (χ1) is 14.8. The fourth-order valence-corrected chi connectivity index (χ4v) is 4.13. The lowest BCUT2D eigenvalue weighted by atomic mass is 10.1. The van der Waals surface area contributed by atoms with E-state index >= 15 is 0 Å². The Morgan fingerprint density at radius 2 is 1.61 bits per heavy atom. The molecule has 3 aromatic rings. The topological polar surface area (TPSA) is 75.7 Å². The molecule has 1 atom stereocenters. The van der Waals surface area contributed by atoms with Crippen molar-refractivity contribution >= 4 is 21.6 Å². The van der Waals surface area contributed by atoms with Crippen LogP contribution in [0.1, 0.15) is 18.5 Å². The summed E-state index contributed by atoms with van der Waals surface area (Å²) in [5.74, 6) is -0.236. The van der Waals surface area contributed by atoms with Crippen LogP contribution in [0.2, 0.25) is 0 Å². The third kappa shape index (κ3) is 5.61. The monoisotopic (exact) mass is 442 g/mol. The van der Waals surface area contributed by atoms with Crippen molar-refractivity contribution < 1.29 is 22.3 Å². The van der Waals surface area contributed by atoms with Gasteiger partial charge in [-0.1, -0.05) is 30.3 Å². The van der Waals surface area contributed by atoms with E-state index in [0.29, 0.717) is 11.4 Å². The number of carbonyl (C=O) groups is 1. The van der Waals surface area contributed by atoms with Gasteiger partial charge >= 0.3 is 0 Å². The Morgan fingerprint density at radius 3 is 2.23 bits per heavy atom. The second kappa shape index (κ2) is 9.61. The number of nitrogens with zero attached hydrogens (tertiary/aromatic N) is 1. The lowest BCUT2D eigenvalue weighted by Crippen LogP contribution is -2.31. The van der Waals surface area contributed by atoms with E-state index < -0.39 is 10.0 Å². The summed E-state index contributed by atoms with van der Waals surface area (Å²) in [6.07, 6.45) is 0. The highest BCUT2D eigenvalue weighted by molar-refractivity contribution is 7.92. The maximum absolute atomic E-state index is 13.0. The van der Waals surface area contributed by atoms with E-state index in [1.807, 2.05) is 0 Å². The fraction of sp³-hybridized carbons (Fsp3) is 0.174. The first-order valence-electron chi connectivity index (χ1n) is 9.59. The number of carbonyl (C=O) groups excluding carboxylic acids is 1. The zero-order valence-electron chi connectivity index (χ0n) is 17.2. The van der Waals surface area contributed by atoms with Gasteiger partial charge in [-0.15, -0.1) is 0 Å². The molecular weight excluding hydrogens is 419 g/mol.